The van der Waals surface area contributed by atoms with Gasteiger partial charge < -0.3 is 10.6 Å². The Morgan fingerprint density at radius 3 is 2.03 bits per heavy atom. The van der Waals surface area contributed by atoms with Crippen LogP contribution in [0.25, 0.3) is 0 Å². The number of hydrogen-bond acceptors (Lipinski definition) is 5. The van der Waals surface area contributed by atoms with E-state index in [4.69, 9.17) is 5.73 Å². The molecule has 1 aromatic carbocycles. The van der Waals surface area contributed by atoms with Gasteiger partial charge in [0.05, 0.1) is 6.54 Å². The number of rotatable bonds is 6. The van der Waals surface area contributed by atoms with Crippen molar-refractivity contribution in [2.75, 3.05) is 58.9 Å². The zero-order valence-corrected chi connectivity index (χ0v) is 18.0. The van der Waals surface area contributed by atoms with Crippen molar-refractivity contribution in [1.82, 2.24) is 19.6 Å². The number of benzene rings is 1. The number of hydrogen-bond donors (Lipinski definition) is 1. The molecule has 1 aromatic rings. The van der Waals surface area contributed by atoms with E-state index in [1.807, 2.05) is 12.1 Å². The zero-order chi connectivity index (χ0) is 20.9. The SMILES string of the molecule is NC(=O)c1ccc(CN2CCN(CC(=O)N3CCN(C4CCCC4)CC3)CC2)cc1. The maximum absolute atomic E-state index is 12.8. The molecular weight excluding hydrogens is 378 g/mol. The Morgan fingerprint density at radius 1 is 0.833 bits per heavy atom. The Balaban J connectivity index is 1.16. The van der Waals surface area contributed by atoms with Gasteiger partial charge in [0.25, 0.3) is 0 Å². The van der Waals surface area contributed by atoms with Crippen molar-refractivity contribution < 1.29 is 9.59 Å². The normalized spacial score (nSPS) is 22.5. The Kier molecular flexibility index (Phi) is 7.02. The standard InChI is InChI=1S/C23H35N5O2/c24-23(30)20-7-5-19(6-8-20)17-25-9-11-26(12-10-25)18-22(29)28-15-13-27(14-16-28)21-3-1-2-4-21/h5-8,21H,1-4,9-18H2,(H2,24,30). The molecule has 0 aromatic heterocycles. The Morgan fingerprint density at radius 2 is 1.43 bits per heavy atom. The van der Waals surface area contributed by atoms with Crippen LogP contribution in [0.5, 0.6) is 0 Å². The van der Waals surface area contributed by atoms with Crippen molar-refractivity contribution in [3.8, 4) is 0 Å². The summed E-state index contributed by atoms with van der Waals surface area (Å²) in [5.41, 5.74) is 7.04. The van der Waals surface area contributed by atoms with Crippen molar-refractivity contribution >= 4 is 11.8 Å². The average molecular weight is 414 g/mol. The van der Waals surface area contributed by atoms with Crippen molar-refractivity contribution in [1.29, 1.82) is 0 Å². The van der Waals surface area contributed by atoms with Gasteiger partial charge >= 0.3 is 0 Å². The third kappa shape index (κ3) is 5.39. The van der Waals surface area contributed by atoms with Gasteiger partial charge in [0.2, 0.25) is 11.8 Å². The molecule has 2 N–H and O–H groups in total. The van der Waals surface area contributed by atoms with E-state index < -0.39 is 0 Å². The quantitative estimate of drug-likeness (QED) is 0.753. The van der Waals surface area contributed by atoms with Gasteiger partial charge in [0, 0.05) is 70.5 Å². The lowest BCUT2D eigenvalue weighted by molar-refractivity contribution is -0.135. The molecule has 0 bridgehead atoms. The monoisotopic (exact) mass is 413 g/mol. The predicted molar refractivity (Wildman–Crippen MR) is 117 cm³/mol. The highest BCUT2D eigenvalue weighted by Crippen LogP contribution is 2.24. The van der Waals surface area contributed by atoms with Gasteiger partial charge in [-0.05, 0) is 30.5 Å². The summed E-state index contributed by atoms with van der Waals surface area (Å²) < 4.78 is 0. The molecule has 0 spiro atoms. The number of carbonyl (C=O) groups excluding carboxylic acids is 2. The first-order valence-corrected chi connectivity index (χ1v) is 11.4. The van der Waals surface area contributed by atoms with Crippen molar-refractivity contribution in [3.05, 3.63) is 35.4 Å². The highest BCUT2D eigenvalue weighted by molar-refractivity contribution is 5.92. The molecule has 4 rings (SSSR count). The van der Waals surface area contributed by atoms with Crippen LogP contribution in [-0.2, 0) is 11.3 Å². The van der Waals surface area contributed by atoms with Gasteiger partial charge in [0.15, 0.2) is 0 Å². The van der Waals surface area contributed by atoms with Crippen molar-refractivity contribution in [2.24, 2.45) is 5.73 Å². The Hall–Kier alpha value is -1.96. The molecule has 1 aliphatic carbocycles. The van der Waals surface area contributed by atoms with Gasteiger partial charge in [-0.15, -0.1) is 0 Å². The second-order valence-corrected chi connectivity index (χ2v) is 8.97. The molecule has 2 saturated heterocycles. The Labute approximate surface area is 179 Å². The zero-order valence-electron chi connectivity index (χ0n) is 18.0. The highest BCUT2D eigenvalue weighted by Gasteiger charge is 2.29. The number of primary amides is 1. The van der Waals surface area contributed by atoms with Gasteiger partial charge in [0.1, 0.15) is 0 Å². The van der Waals surface area contributed by atoms with E-state index in [1.165, 1.54) is 31.2 Å². The second kappa shape index (κ2) is 9.90. The third-order valence-corrected chi connectivity index (χ3v) is 6.98. The summed E-state index contributed by atoms with van der Waals surface area (Å²) in [7, 11) is 0. The number of carbonyl (C=O) groups is 2. The molecule has 2 heterocycles. The molecule has 3 fully saturated rings. The summed E-state index contributed by atoms with van der Waals surface area (Å²) in [5.74, 6) is -0.101. The molecule has 3 aliphatic rings. The lowest BCUT2D eigenvalue weighted by atomic mass is 10.1. The molecule has 1 saturated carbocycles. The lowest BCUT2D eigenvalue weighted by Crippen LogP contribution is -2.54. The maximum Gasteiger partial charge on any atom is 0.248 e. The van der Waals surface area contributed by atoms with Crippen LogP contribution in [0.1, 0.15) is 41.6 Å². The second-order valence-electron chi connectivity index (χ2n) is 8.97. The molecule has 2 amide bonds. The molecule has 0 radical (unpaired) electrons. The Bertz CT molecular complexity index is 716. The summed E-state index contributed by atoms with van der Waals surface area (Å²) in [6.07, 6.45) is 5.42. The van der Waals surface area contributed by atoms with Crippen LogP contribution in [0, 0.1) is 0 Å². The van der Waals surface area contributed by atoms with E-state index in [-0.39, 0.29) is 11.8 Å². The van der Waals surface area contributed by atoms with Gasteiger partial charge in [-0.2, -0.15) is 0 Å². The van der Waals surface area contributed by atoms with Crippen LogP contribution in [0.3, 0.4) is 0 Å². The lowest BCUT2D eigenvalue weighted by Gasteiger charge is -2.39. The molecular formula is C23H35N5O2. The molecule has 30 heavy (non-hydrogen) atoms. The number of nitrogens with zero attached hydrogens (tertiary/aromatic N) is 4. The summed E-state index contributed by atoms with van der Waals surface area (Å²) >= 11 is 0. The van der Waals surface area contributed by atoms with Crippen LogP contribution < -0.4 is 5.73 Å². The van der Waals surface area contributed by atoms with Crippen molar-refractivity contribution in [2.45, 2.75) is 38.3 Å². The van der Waals surface area contributed by atoms with E-state index in [9.17, 15) is 9.59 Å². The topological polar surface area (TPSA) is 73.1 Å². The third-order valence-electron chi connectivity index (χ3n) is 6.98. The van der Waals surface area contributed by atoms with E-state index >= 15 is 0 Å². The van der Waals surface area contributed by atoms with Crippen molar-refractivity contribution in [3.63, 3.8) is 0 Å². The average Bonchev–Trinajstić information content (AvgIpc) is 3.30. The minimum absolute atomic E-state index is 0.288. The number of amides is 2. The van der Waals surface area contributed by atoms with Gasteiger partial charge in [-0.1, -0.05) is 25.0 Å². The smallest absolute Gasteiger partial charge is 0.248 e. The van der Waals surface area contributed by atoms with E-state index in [2.05, 4.69) is 19.6 Å². The van der Waals surface area contributed by atoms with Crippen LogP contribution in [-0.4, -0.2) is 96.4 Å². The summed E-state index contributed by atoms with van der Waals surface area (Å²) in [5, 5.41) is 0. The maximum atomic E-state index is 12.8. The minimum atomic E-state index is -0.389. The van der Waals surface area contributed by atoms with Gasteiger partial charge in [-0.3, -0.25) is 24.3 Å². The molecule has 7 heteroatoms. The first kappa shape index (κ1) is 21.3. The fourth-order valence-electron chi connectivity index (χ4n) is 5.04. The number of piperazine rings is 2. The highest BCUT2D eigenvalue weighted by atomic mass is 16.2. The first-order chi connectivity index (χ1) is 14.6. The first-order valence-electron chi connectivity index (χ1n) is 11.4. The molecule has 2 aliphatic heterocycles. The fourth-order valence-corrected chi connectivity index (χ4v) is 5.04. The molecule has 164 valence electrons. The van der Waals surface area contributed by atoms with E-state index in [0.29, 0.717) is 12.1 Å². The minimum Gasteiger partial charge on any atom is -0.366 e. The molecule has 7 nitrogen and oxygen atoms in total. The largest absolute Gasteiger partial charge is 0.366 e. The van der Waals surface area contributed by atoms with Crippen LogP contribution in [0.2, 0.25) is 0 Å². The number of nitrogens with two attached hydrogens (primary N) is 1. The summed E-state index contributed by atoms with van der Waals surface area (Å²) in [6.45, 7) is 9.03. The summed E-state index contributed by atoms with van der Waals surface area (Å²) in [4.78, 5) is 33.3. The van der Waals surface area contributed by atoms with Crippen LogP contribution in [0.4, 0.5) is 0 Å². The van der Waals surface area contributed by atoms with Crippen LogP contribution >= 0.6 is 0 Å². The van der Waals surface area contributed by atoms with E-state index in [0.717, 1.165) is 64.9 Å². The summed E-state index contributed by atoms with van der Waals surface area (Å²) in [6, 6.07) is 8.29. The molecule has 0 unspecified atom stereocenters. The van der Waals surface area contributed by atoms with Crippen LogP contribution in [0.15, 0.2) is 24.3 Å². The molecule has 0 atom stereocenters. The van der Waals surface area contributed by atoms with Gasteiger partial charge in [-0.25, -0.2) is 0 Å². The fraction of sp³-hybridized carbons (Fsp3) is 0.652. The predicted octanol–water partition coefficient (Wildman–Crippen LogP) is 0.990. The van der Waals surface area contributed by atoms with E-state index in [1.54, 1.807) is 12.1 Å².